The van der Waals surface area contributed by atoms with Crippen LogP contribution in [0.5, 0.6) is 11.5 Å². The Morgan fingerprint density at radius 2 is 0.962 bits per heavy atom. The molecule has 52 heavy (non-hydrogen) atoms. The zero-order valence-electron chi connectivity index (χ0n) is 27.9. The number of benzene rings is 7. The Morgan fingerprint density at radius 3 is 1.65 bits per heavy atom. The van der Waals surface area contributed by atoms with E-state index < -0.39 is 5.41 Å². The summed E-state index contributed by atoms with van der Waals surface area (Å²) in [5.74, 6) is 3.20. The van der Waals surface area contributed by atoms with Crippen LogP contribution in [0.2, 0.25) is 0 Å². The van der Waals surface area contributed by atoms with Crippen LogP contribution in [0.15, 0.2) is 170 Å². The number of nitriles is 1. The molecular weight excluding hydrogens is 637 g/mol. The van der Waals surface area contributed by atoms with E-state index >= 15 is 0 Å². The molecule has 0 saturated carbocycles. The topological polar surface area (TPSA) is 71.7 Å². The van der Waals surface area contributed by atoms with Crippen LogP contribution in [0.1, 0.15) is 27.8 Å². The van der Waals surface area contributed by atoms with Crippen LogP contribution in [-0.2, 0) is 5.41 Å². The zero-order valence-corrected chi connectivity index (χ0v) is 27.9. The second-order valence-electron chi connectivity index (χ2n) is 13.1. The third-order valence-corrected chi connectivity index (χ3v) is 10.2. The molecule has 5 nitrogen and oxygen atoms in total. The molecule has 0 atom stereocenters. The lowest BCUT2D eigenvalue weighted by Gasteiger charge is -2.39. The van der Waals surface area contributed by atoms with Crippen molar-refractivity contribution >= 4 is 0 Å². The van der Waals surface area contributed by atoms with Crippen LogP contribution in [-0.4, -0.2) is 15.0 Å². The van der Waals surface area contributed by atoms with Gasteiger partial charge in [0.05, 0.1) is 17.0 Å². The first kappa shape index (κ1) is 29.7. The largest absolute Gasteiger partial charge is 0.457 e. The first-order valence-electron chi connectivity index (χ1n) is 17.3. The van der Waals surface area contributed by atoms with E-state index in [4.69, 9.17) is 19.7 Å². The molecule has 8 aromatic rings. The molecule has 7 aromatic carbocycles. The van der Waals surface area contributed by atoms with Crippen molar-refractivity contribution < 1.29 is 4.74 Å². The van der Waals surface area contributed by atoms with Crippen molar-refractivity contribution in [1.82, 2.24) is 15.0 Å². The Kier molecular flexibility index (Phi) is 6.70. The number of hydrogen-bond donors (Lipinski definition) is 0. The maximum Gasteiger partial charge on any atom is 0.164 e. The molecule has 0 fully saturated rings. The van der Waals surface area contributed by atoms with Gasteiger partial charge in [0.15, 0.2) is 17.5 Å². The van der Waals surface area contributed by atoms with E-state index in [2.05, 4.69) is 91.0 Å². The molecule has 1 aliphatic carbocycles. The summed E-state index contributed by atoms with van der Waals surface area (Å²) in [6.45, 7) is 0. The third-order valence-electron chi connectivity index (χ3n) is 10.2. The van der Waals surface area contributed by atoms with Crippen molar-refractivity contribution in [2.24, 2.45) is 0 Å². The fourth-order valence-electron chi connectivity index (χ4n) is 8.01. The molecule has 0 amide bonds. The van der Waals surface area contributed by atoms with E-state index in [1.165, 1.54) is 22.3 Å². The van der Waals surface area contributed by atoms with E-state index in [1.807, 2.05) is 84.9 Å². The van der Waals surface area contributed by atoms with Crippen LogP contribution in [0.25, 0.3) is 56.4 Å². The third kappa shape index (κ3) is 4.45. The van der Waals surface area contributed by atoms with Crippen molar-refractivity contribution in [3.63, 3.8) is 0 Å². The van der Waals surface area contributed by atoms with Crippen molar-refractivity contribution in [2.45, 2.75) is 5.41 Å². The van der Waals surface area contributed by atoms with E-state index in [0.717, 1.165) is 50.4 Å². The highest BCUT2D eigenvalue weighted by molar-refractivity contribution is 5.89. The van der Waals surface area contributed by atoms with Gasteiger partial charge in [0.1, 0.15) is 11.5 Å². The van der Waals surface area contributed by atoms with Gasteiger partial charge in [-0.15, -0.1) is 0 Å². The number of ether oxygens (including phenoxy) is 1. The van der Waals surface area contributed by atoms with Crippen LogP contribution >= 0.6 is 0 Å². The Morgan fingerprint density at radius 1 is 0.404 bits per heavy atom. The molecule has 0 radical (unpaired) electrons. The summed E-state index contributed by atoms with van der Waals surface area (Å²) in [6, 6.07) is 60.1. The van der Waals surface area contributed by atoms with Crippen molar-refractivity contribution in [3.8, 4) is 74.0 Å². The minimum Gasteiger partial charge on any atom is -0.457 e. The van der Waals surface area contributed by atoms with Gasteiger partial charge in [0.2, 0.25) is 0 Å². The summed E-state index contributed by atoms with van der Waals surface area (Å²) in [6.07, 6.45) is 0. The zero-order chi connectivity index (χ0) is 34.6. The van der Waals surface area contributed by atoms with Crippen molar-refractivity contribution in [3.05, 3.63) is 198 Å². The number of para-hydroxylation sites is 1. The lowest BCUT2D eigenvalue weighted by atomic mass is 9.66. The summed E-state index contributed by atoms with van der Waals surface area (Å²) in [5.41, 5.74) is 11.3. The molecule has 0 bridgehead atoms. The van der Waals surface area contributed by atoms with Crippen molar-refractivity contribution in [2.75, 3.05) is 0 Å². The molecule has 1 aliphatic heterocycles. The van der Waals surface area contributed by atoms with E-state index in [-0.39, 0.29) is 0 Å². The molecule has 0 saturated heterocycles. The highest BCUT2D eigenvalue weighted by atomic mass is 16.5. The van der Waals surface area contributed by atoms with Crippen LogP contribution in [0.3, 0.4) is 0 Å². The molecular formula is C47H28N4O. The van der Waals surface area contributed by atoms with Gasteiger partial charge in [-0.3, -0.25) is 0 Å². The highest BCUT2D eigenvalue weighted by Crippen LogP contribution is 2.62. The molecule has 0 unspecified atom stereocenters. The van der Waals surface area contributed by atoms with Crippen LogP contribution in [0.4, 0.5) is 0 Å². The average molecular weight is 665 g/mol. The number of fused-ring (bicyclic) bond motifs is 9. The SMILES string of the molecule is N#Cc1ccc(-c2ccccc2)c(-c2nc(-c3ccccc3)nc(-c3ccc4c(c3)C3(c5ccccc5O4)c4ccccc4-c4ccccc43)n2)c1. The minimum atomic E-state index is -0.618. The number of nitrogens with zero attached hydrogens (tertiary/aromatic N) is 4. The smallest absolute Gasteiger partial charge is 0.164 e. The first-order valence-corrected chi connectivity index (χ1v) is 17.3. The van der Waals surface area contributed by atoms with Gasteiger partial charge in [-0.25, -0.2) is 15.0 Å². The minimum absolute atomic E-state index is 0.491. The second kappa shape index (κ2) is 11.7. The molecule has 0 N–H and O–H groups in total. The fourth-order valence-corrected chi connectivity index (χ4v) is 8.01. The van der Waals surface area contributed by atoms with Crippen LogP contribution in [0, 0.1) is 11.3 Å². The van der Waals surface area contributed by atoms with Gasteiger partial charge >= 0.3 is 0 Å². The molecule has 1 aromatic heterocycles. The predicted molar refractivity (Wildman–Crippen MR) is 204 cm³/mol. The normalized spacial score (nSPS) is 12.9. The van der Waals surface area contributed by atoms with E-state index in [1.54, 1.807) is 0 Å². The molecule has 2 heterocycles. The van der Waals surface area contributed by atoms with Gasteiger partial charge in [0, 0.05) is 27.8 Å². The highest BCUT2D eigenvalue weighted by Gasteiger charge is 2.51. The van der Waals surface area contributed by atoms with Gasteiger partial charge in [-0.1, -0.05) is 133 Å². The van der Waals surface area contributed by atoms with Gasteiger partial charge in [0.25, 0.3) is 0 Å². The maximum atomic E-state index is 9.94. The number of rotatable bonds is 4. The lowest BCUT2D eigenvalue weighted by Crippen LogP contribution is -2.32. The summed E-state index contributed by atoms with van der Waals surface area (Å²) < 4.78 is 6.68. The van der Waals surface area contributed by atoms with Gasteiger partial charge < -0.3 is 4.74 Å². The lowest BCUT2D eigenvalue weighted by molar-refractivity contribution is 0.436. The van der Waals surface area contributed by atoms with Gasteiger partial charge in [-0.2, -0.15) is 5.26 Å². The van der Waals surface area contributed by atoms with E-state index in [0.29, 0.717) is 23.0 Å². The molecule has 242 valence electrons. The summed E-state index contributed by atoms with van der Waals surface area (Å²) in [7, 11) is 0. The Labute approximate surface area is 301 Å². The summed E-state index contributed by atoms with van der Waals surface area (Å²) >= 11 is 0. The van der Waals surface area contributed by atoms with Gasteiger partial charge in [-0.05, 0) is 69.8 Å². The molecule has 5 heteroatoms. The Balaban J connectivity index is 1.24. The Bertz CT molecular complexity index is 2690. The number of hydrogen-bond acceptors (Lipinski definition) is 5. The summed E-state index contributed by atoms with van der Waals surface area (Å²) in [5, 5.41) is 9.94. The van der Waals surface area contributed by atoms with Crippen LogP contribution < -0.4 is 4.74 Å². The second-order valence-corrected chi connectivity index (χ2v) is 13.1. The predicted octanol–water partition coefficient (Wildman–Crippen LogP) is 10.9. The van der Waals surface area contributed by atoms with Crippen molar-refractivity contribution in [1.29, 1.82) is 5.26 Å². The standard InChI is InChI=1S/C47H28N4O/c48-29-30-23-25-34(31-13-3-1-4-14-31)37(27-30)46-50-44(32-15-5-2-6-16-32)49-45(51-46)33-24-26-43-41(28-33)47(40-21-11-12-22-42(40)52-43)38-19-9-7-17-35(38)36-18-8-10-20-39(36)47/h1-28H. The molecule has 2 aliphatic rings. The molecule has 10 rings (SSSR count). The fraction of sp³-hybridized carbons (Fsp3) is 0.0213. The number of aromatic nitrogens is 3. The van der Waals surface area contributed by atoms with E-state index in [9.17, 15) is 5.26 Å². The molecule has 1 spiro atoms. The maximum absolute atomic E-state index is 9.94. The summed E-state index contributed by atoms with van der Waals surface area (Å²) in [4.78, 5) is 15.4. The average Bonchev–Trinajstić information content (AvgIpc) is 3.52. The monoisotopic (exact) mass is 664 g/mol. The first-order chi connectivity index (χ1) is 25.7. The Hall–Kier alpha value is -7.16. The quantitative estimate of drug-likeness (QED) is 0.187.